The van der Waals surface area contributed by atoms with Gasteiger partial charge in [0.15, 0.2) is 0 Å². The first-order valence-corrected chi connectivity index (χ1v) is 8.17. The van der Waals surface area contributed by atoms with E-state index in [1.54, 1.807) is 24.3 Å². The first-order chi connectivity index (χ1) is 10.9. The summed E-state index contributed by atoms with van der Waals surface area (Å²) in [5, 5.41) is 14.9. The molecule has 1 rings (SSSR count). The summed E-state index contributed by atoms with van der Waals surface area (Å²) in [6.07, 6.45) is 0.775. The molecular weight excluding hydrogens is 292 g/mol. The molecule has 4 atom stereocenters. The number of nitrogens with one attached hydrogen (secondary N) is 2. The molecule has 2 amide bonds. The van der Waals surface area contributed by atoms with E-state index in [0.29, 0.717) is 5.56 Å². The molecule has 0 saturated heterocycles. The number of hydrogen-bond donors (Lipinski definition) is 3. The van der Waals surface area contributed by atoms with Gasteiger partial charge in [-0.05, 0) is 30.9 Å². The van der Waals surface area contributed by atoms with Crippen LogP contribution >= 0.6 is 0 Å². The van der Waals surface area contributed by atoms with Gasteiger partial charge in [-0.1, -0.05) is 45.4 Å². The molecule has 128 valence electrons. The zero-order valence-corrected chi connectivity index (χ0v) is 14.4. The molecule has 0 radical (unpaired) electrons. The number of aliphatic hydroxyl groups is 1. The van der Waals surface area contributed by atoms with E-state index < -0.39 is 6.04 Å². The zero-order valence-electron chi connectivity index (χ0n) is 14.4. The number of carbonyl (C=O) groups is 2. The van der Waals surface area contributed by atoms with Crippen LogP contribution in [0.2, 0.25) is 0 Å². The van der Waals surface area contributed by atoms with Crippen LogP contribution in [0.25, 0.3) is 0 Å². The van der Waals surface area contributed by atoms with Crippen LogP contribution in [-0.4, -0.2) is 35.6 Å². The first-order valence-electron chi connectivity index (χ1n) is 8.17. The van der Waals surface area contributed by atoms with Gasteiger partial charge in [-0.25, -0.2) is 0 Å². The van der Waals surface area contributed by atoms with Crippen molar-refractivity contribution < 1.29 is 14.7 Å². The third-order valence-electron chi connectivity index (χ3n) is 4.33. The van der Waals surface area contributed by atoms with Gasteiger partial charge in [0, 0.05) is 18.2 Å². The zero-order chi connectivity index (χ0) is 17.4. The van der Waals surface area contributed by atoms with Crippen molar-refractivity contribution >= 4 is 11.8 Å². The Morgan fingerprint density at radius 3 is 2.17 bits per heavy atom. The summed E-state index contributed by atoms with van der Waals surface area (Å²) in [6.45, 7) is 7.65. The molecule has 23 heavy (non-hydrogen) atoms. The van der Waals surface area contributed by atoms with Crippen LogP contribution in [-0.2, 0) is 4.79 Å². The molecule has 4 unspecified atom stereocenters. The molecule has 0 heterocycles. The molecule has 1 aromatic rings. The van der Waals surface area contributed by atoms with Gasteiger partial charge in [0.2, 0.25) is 5.91 Å². The molecule has 0 aliphatic carbocycles. The Morgan fingerprint density at radius 2 is 1.65 bits per heavy atom. The fraction of sp³-hybridized carbons (Fsp3) is 0.556. The quantitative estimate of drug-likeness (QED) is 0.685. The summed E-state index contributed by atoms with van der Waals surface area (Å²) in [5.41, 5.74) is 0.533. The highest BCUT2D eigenvalue weighted by Gasteiger charge is 2.28. The van der Waals surface area contributed by atoms with E-state index >= 15 is 0 Å². The normalized spacial score (nSPS) is 16.0. The standard InChI is InChI=1S/C18H28N2O3/c1-5-12(2)16(18(23)19-14(4)13(3)11-21)20-17(22)15-9-7-6-8-10-15/h6-10,12-14,16,21H,5,11H2,1-4H3,(H,19,23)(H,20,22). The Hall–Kier alpha value is -1.88. The topological polar surface area (TPSA) is 78.4 Å². The van der Waals surface area contributed by atoms with Crippen LogP contribution in [0.5, 0.6) is 0 Å². The lowest BCUT2D eigenvalue weighted by Gasteiger charge is -2.27. The van der Waals surface area contributed by atoms with Crippen LogP contribution in [0.3, 0.4) is 0 Å². The Kier molecular flexibility index (Phi) is 7.75. The summed E-state index contributed by atoms with van der Waals surface area (Å²) in [4.78, 5) is 24.9. The van der Waals surface area contributed by atoms with Crippen molar-refractivity contribution in [3.05, 3.63) is 35.9 Å². The molecule has 0 aliphatic heterocycles. The van der Waals surface area contributed by atoms with E-state index in [0.717, 1.165) is 6.42 Å². The van der Waals surface area contributed by atoms with Crippen molar-refractivity contribution in [1.29, 1.82) is 0 Å². The number of amides is 2. The van der Waals surface area contributed by atoms with Gasteiger partial charge in [0.25, 0.3) is 5.91 Å². The smallest absolute Gasteiger partial charge is 0.251 e. The highest BCUT2D eigenvalue weighted by Crippen LogP contribution is 2.11. The van der Waals surface area contributed by atoms with Crippen LogP contribution in [0.15, 0.2) is 30.3 Å². The van der Waals surface area contributed by atoms with Crippen molar-refractivity contribution in [2.45, 2.75) is 46.2 Å². The lowest BCUT2D eigenvalue weighted by Crippen LogP contribution is -2.53. The molecular formula is C18H28N2O3. The maximum absolute atomic E-state index is 12.5. The minimum absolute atomic E-state index is 0.00577. The molecule has 0 aliphatic rings. The second-order valence-corrected chi connectivity index (χ2v) is 6.16. The van der Waals surface area contributed by atoms with E-state index in [1.165, 1.54) is 0 Å². The molecule has 0 aromatic heterocycles. The van der Waals surface area contributed by atoms with Crippen LogP contribution in [0.4, 0.5) is 0 Å². The molecule has 0 spiro atoms. The molecule has 5 nitrogen and oxygen atoms in total. The number of aliphatic hydroxyl groups excluding tert-OH is 1. The van der Waals surface area contributed by atoms with Gasteiger partial charge in [-0.2, -0.15) is 0 Å². The molecule has 5 heteroatoms. The average Bonchev–Trinajstić information content (AvgIpc) is 2.58. The minimum atomic E-state index is -0.596. The van der Waals surface area contributed by atoms with Crippen molar-refractivity contribution in [2.75, 3.05) is 6.61 Å². The summed E-state index contributed by atoms with van der Waals surface area (Å²) < 4.78 is 0. The fourth-order valence-corrected chi connectivity index (χ4v) is 2.13. The number of benzene rings is 1. The second-order valence-electron chi connectivity index (χ2n) is 6.16. The van der Waals surface area contributed by atoms with Gasteiger partial charge in [0.1, 0.15) is 6.04 Å². The summed E-state index contributed by atoms with van der Waals surface area (Å²) in [6, 6.07) is 8.10. The highest BCUT2D eigenvalue weighted by molar-refractivity contribution is 5.97. The summed E-state index contributed by atoms with van der Waals surface area (Å²) in [7, 11) is 0. The average molecular weight is 320 g/mol. The van der Waals surface area contributed by atoms with E-state index in [4.69, 9.17) is 0 Å². The maximum atomic E-state index is 12.5. The molecule has 3 N–H and O–H groups in total. The van der Waals surface area contributed by atoms with Crippen molar-refractivity contribution in [3.63, 3.8) is 0 Å². The van der Waals surface area contributed by atoms with Crippen molar-refractivity contribution in [2.24, 2.45) is 11.8 Å². The monoisotopic (exact) mass is 320 g/mol. The fourth-order valence-electron chi connectivity index (χ4n) is 2.13. The molecule has 1 aromatic carbocycles. The maximum Gasteiger partial charge on any atom is 0.251 e. The number of hydrogen-bond acceptors (Lipinski definition) is 3. The molecule has 0 saturated carbocycles. The largest absolute Gasteiger partial charge is 0.396 e. The van der Waals surface area contributed by atoms with Gasteiger partial charge in [0.05, 0.1) is 0 Å². The summed E-state index contributed by atoms with van der Waals surface area (Å²) in [5.74, 6) is -0.494. The molecule has 0 fully saturated rings. The Morgan fingerprint density at radius 1 is 1.04 bits per heavy atom. The van der Waals surface area contributed by atoms with E-state index in [1.807, 2.05) is 33.8 Å². The lowest BCUT2D eigenvalue weighted by atomic mass is 9.96. The Bertz CT molecular complexity index is 504. The van der Waals surface area contributed by atoms with Gasteiger partial charge >= 0.3 is 0 Å². The lowest BCUT2D eigenvalue weighted by molar-refractivity contribution is -0.125. The minimum Gasteiger partial charge on any atom is -0.396 e. The SMILES string of the molecule is CCC(C)C(NC(=O)c1ccccc1)C(=O)NC(C)C(C)CO. The highest BCUT2D eigenvalue weighted by atomic mass is 16.3. The van der Waals surface area contributed by atoms with E-state index in [-0.39, 0.29) is 36.3 Å². The third-order valence-corrected chi connectivity index (χ3v) is 4.33. The predicted molar refractivity (Wildman–Crippen MR) is 91.0 cm³/mol. The summed E-state index contributed by atoms with van der Waals surface area (Å²) >= 11 is 0. The van der Waals surface area contributed by atoms with Crippen molar-refractivity contribution in [3.8, 4) is 0 Å². The van der Waals surface area contributed by atoms with Crippen LogP contribution < -0.4 is 10.6 Å². The number of carbonyl (C=O) groups excluding carboxylic acids is 2. The van der Waals surface area contributed by atoms with Crippen LogP contribution in [0, 0.1) is 11.8 Å². The third kappa shape index (κ3) is 5.67. The van der Waals surface area contributed by atoms with Crippen LogP contribution in [0.1, 0.15) is 44.5 Å². The van der Waals surface area contributed by atoms with Gasteiger partial charge < -0.3 is 15.7 Å². The van der Waals surface area contributed by atoms with E-state index in [2.05, 4.69) is 10.6 Å². The second kappa shape index (κ2) is 9.30. The predicted octanol–water partition coefficient (Wildman–Crippen LogP) is 1.96. The van der Waals surface area contributed by atoms with Crippen molar-refractivity contribution in [1.82, 2.24) is 10.6 Å². The van der Waals surface area contributed by atoms with Gasteiger partial charge in [-0.3, -0.25) is 9.59 Å². The molecule has 0 bridgehead atoms. The van der Waals surface area contributed by atoms with E-state index in [9.17, 15) is 14.7 Å². The Balaban J connectivity index is 2.80. The Labute approximate surface area is 138 Å². The number of rotatable bonds is 8. The van der Waals surface area contributed by atoms with Gasteiger partial charge in [-0.15, -0.1) is 0 Å². The first kappa shape index (κ1) is 19.2.